The number of sulfone groups is 2. The van der Waals surface area contributed by atoms with E-state index < -0.39 is 19.7 Å². The van der Waals surface area contributed by atoms with E-state index in [0.29, 0.717) is 30.4 Å². The number of nitrogens with one attached hydrogen (secondary N) is 1. The Morgan fingerprint density at radius 2 is 1.73 bits per heavy atom. The maximum absolute atomic E-state index is 11.7. The average molecular weight is 369 g/mol. The summed E-state index contributed by atoms with van der Waals surface area (Å²) in [7, 11) is -5.94. The van der Waals surface area contributed by atoms with Gasteiger partial charge in [-0.15, -0.1) is 0 Å². The lowest BCUT2D eigenvalue weighted by molar-refractivity contribution is 0.293. The van der Waals surface area contributed by atoms with E-state index >= 15 is 0 Å². The maximum atomic E-state index is 11.7. The molecule has 0 aromatic rings. The highest BCUT2D eigenvalue weighted by Crippen LogP contribution is 2.20. The van der Waals surface area contributed by atoms with Crippen molar-refractivity contribution in [2.24, 2.45) is 5.92 Å². The Labute approximate surface area is 138 Å². The largest absolute Gasteiger partial charge is 0.359 e. The number of nitrogens with zero attached hydrogens (tertiary/aromatic N) is 1. The van der Waals surface area contributed by atoms with Crippen LogP contribution in [-0.4, -0.2) is 68.5 Å². The van der Waals surface area contributed by atoms with Crippen LogP contribution in [0.1, 0.15) is 26.7 Å². The first kappa shape index (κ1) is 17.9. The van der Waals surface area contributed by atoms with Crippen LogP contribution in [0.3, 0.4) is 0 Å². The maximum Gasteiger partial charge on any atom is 0.169 e. The molecule has 9 heteroatoms. The van der Waals surface area contributed by atoms with Gasteiger partial charge in [0.15, 0.2) is 24.8 Å². The zero-order valence-corrected chi connectivity index (χ0v) is 15.4. The highest BCUT2D eigenvalue weighted by molar-refractivity contribution is 7.92. The number of rotatable bonds is 4. The summed E-state index contributed by atoms with van der Waals surface area (Å²) >= 11 is 5.44. The van der Waals surface area contributed by atoms with Crippen LogP contribution in [0.4, 0.5) is 0 Å². The van der Waals surface area contributed by atoms with Gasteiger partial charge in [-0.05, 0) is 31.0 Å². The smallest absolute Gasteiger partial charge is 0.169 e. The first-order valence-electron chi connectivity index (χ1n) is 7.56. The molecule has 2 heterocycles. The van der Waals surface area contributed by atoms with E-state index in [1.807, 2.05) is 4.90 Å². The van der Waals surface area contributed by atoms with Gasteiger partial charge in [0.1, 0.15) is 0 Å². The van der Waals surface area contributed by atoms with Crippen molar-refractivity contribution in [3.63, 3.8) is 0 Å². The quantitative estimate of drug-likeness (QED) is 0.709. The molecule has 2 saturated heterocycles. The van der Waals surface area contributed by atoms with Gasteiger partial charge in [-0.1, -0.05) is 13.8 Å². The van der Waals surface area contributed by atoms with E-state index in [1.165, 1.54) is 0 Å². The number of hydrogen-bond acceptors (Lipinski definition) is 5. The standard InChI is InChI=1S/C13H24N2O4S3/c1-10(2)7-15(12-4-6-22(18,19)9-12)13(20)14-11-3-5-21(16,17)8-11/h10-12H,3-9H2,1-2H3,(H,14,20)/t11-,12+/m1/s1. The minimum absolute atomic E-state index is 0.103. The number of hydrogen-bond donors (Lipinski definition) is 1. The van der Waals surface area contributed by atoms with Crippen molar-refractivity contribution < 1.29 is 16.8 Å². The number of thiocarbonyl (C=S) groups is 1. The van der Waals surface area contributed by atoms with Gasteiger partial charge in [-0.25, -0.2) is 16.8 Å². The molecule has 2 aliphatic heterocycles. The summed E-state index contributed by atoms with van der Waals surface area (Å²) in [6.45, 7) is 4.78. The van der Waals surface area contributed by atoms with Crippen LogP contribution >= 0.6 is 12.2 Å². The van der Waals surface area contributed by atoms with Gasteiger partial charge in [0, 0.05) is 18.6 Å². The summed E-state index contributed by atoms with van der Waals surface area (Å²) < 4.78 is 46.5. The zero-order chi connectivity index (χ0) is 16.5. The van der Waals surface area contributed by atoms with Gasteiger partial charge in [0.2, 0.25) is 0 Å². The summed E-state index contributed by atoms with van der Waals surface area (Å²) in [5, 5.41) is 3.61. The molecule has 2 atom stereocenters. The average Bonchev–Trinajstić information content (AvgIpc) is 2.88. The van der Waals surface area contributed by atoms with Gasteiger partial charge in [0.05, 0.1) is 23.0 Å². The van der Waals surface area contributed by atoms with Gasteiger partial charge >= 0.3 is 0 Å². The van der Waals surface area contributed by atoms with Crippen LogP contribution in [0.25, 0.3) is 0 Å². The van der Waals surface area contributed by atoms with Crippen molar-refractivity contribution in [2.45, 2.75) is 38.8 Å². The van der Waals surface area contributed by atoms with Crippen molar-refractivity contribution in [3.05, 3.63) is 0 Å². The van der Waals surface area contributed by atoms with E-state index in [4.69, 9.17) is 12.2 Å². The second kappa shape index (κ2) is 6.60. The van der Waals surface area contributed by atoms with Crippen LogP contribution in [0.5, 0.6) is 0 Å². The van der Waals surface area contributed by atoms with E-state index in [9.17, 15) is 16.8 Å². The van der Waals surface area contributed by atoms with Crippen molar-refractivity contribution in [1.29, 1.82) is 0 Å². The fraction of sp³-hybridized carbons (Fsp3) is 0.923. The Balaban J connectivity index is 2.04. The Hall–Kier alpha value is -0.410. The second-order valence-corrected chi connectivity index (χ2v) is 11.5. The van der Waals surface area contributed by atoms with E-state index in [0.717, 1.165) is 0 Å². The molecule has 2 fully saturated rings. The summed E-state index contributed by atoms with van der Waals surface area (Å²) in [6.07, 6.45) is 1.14. The summed E-state index contributed by atoms with van der Waals surface area (Å²) in [4.78, 5) is 1.94. The highest BCUT2D eigenvalue weighted by Gasteiger charge is 2.35. The SMILES string of the molecule is CC(C)CN(C(=S)N[C@@H]1CCS(=O)(=O)C1)[C@H]1CCS(=O)(=O)C1. The Bertz CT molecular complexity index is 628. The molecule has 6 nitrogen and oxygen atoms in total. The van der Waals surface area contributed by atoms with E-state index in [2.05, 4.69) is 19.2 Å². The van der Waals surface area contributed by atoms with Crippen LogP contribution < -0.4 is 5.32 Å². The lowest BCUT2D eigenvalue weighted by Crippen LogP contribution is -2.51. The van der Waals surface area contributed by atoms with Crippen LogP contribution in [0.15, 0.2) is 0 Å². The van der Waals surface area contributed by atoms with Crippen molar-refractivity contribution in [3.8, 4) is 0 Å². The van der Waals surface area contributed by atoms with Crippen molar-refractivity contribution in [1.82, 2.24) is 10.2 Å². The summed E-state index contributed by atoms with van der Waals surface area (Å²) in [6, 6.07) is -0.268. The molecule has 0 spiro atoms. The minimum atomic E-state index is -2.98. The molecule has 0 bridgehead atoms. The predicted molar refractivity (Wildman–Crippen MR) is 91.4 cm³/mol. The molecule has 2 rings (SSSR count). The molecule has 0 aliphatic carbocycles. The van der Waals surface area contributed by atoms with E-state index in [-0.39, 0.29) is 35.1 Å². The van der Waals surface area contributed by atoms with Crippen molar-refractivity contribution >= 4 is 37.0 Å². The van der Waals surface area contributed by atoms with Gasteiger partial charge in [-0.3, -0.25) is 0 Å². The molecule has 0 radical (unpaired) electrons. The normalized spacial score (nSPS) is 29.6. The van der Waals surface area contributed by atoms with Gasteiger partial charge < -0.3 is 10.2 Å². The van der Waals surface area contributed by atoms with Crippen LogP contribution in [0, 0.1) is 5.92 Å². The molecule has 0 aromatic carbocycles. The lowest BCUT2D eigenvalue weighted by Gasteiger charge is -2.33. The third kappa shape index (κ3) is 4.79. The first-order chi connectivity index (χ1) is 10.1. The van der Waals surface area contributed by atoms with Crippen molar-refractivity contribution in [2.75, 3.05) is 29.6 Å². The molecule has 0 saturated carbocycles. The molecular weight excluding hydrogens is 344 g/mol. The second-order valence-electron chi connectivity index (χ2n) is 6.65. The summed E-state index contributed by atoms with van der Waals surface area (Å²) in [5.74, 6) is 0.966. The topological polar surface area (TPSA) is 83.6 Å². The highest BCUT2D eigenvalue weighted by atomic mass is 32.2. The molecule has 22 heavy (non-hydrogen) atoms. The first-order valence-corrected chi connectivity index (χ1v) is 11.6. The molecule has 0 aromatic heterocycles. The van der Waals surface area contributed by atoms with Gasteiger partial charge in [0.25, 0.3) is 0 Å². The molecule has 0 unspecified atom stereocenters. The molecule has 2 aliphatic rings. The third-order valence-electron chi connectivity index (χ3n) is 4.03. The van der Waals surface area contributed by atoms with Crippen LogP contribution in [0.2, 0.25) is 0 Å². The fourth-order valence-electron chi connectivity index (χ4n) is 2.98. The summed E-state index contributed by atoms with van der Waals surface area (Å²) in [5.41, 5.74) is 0. The molecule has 1 N–H and O–H groups in total. The Morgan fingerprint density at radius 1 is 1.14 bits per heavy atom. The molecule has 128 valence electrons. The third-order valence-corrected chi connectivity index (χ3v) is 7.90. The monoisotopic (exact) mass is 368 g/mol. The van der Waals surface area contributed by atoms with Crippen LogP contribution in [-0.2, 0) is 19.7 Å². The van der Waals surface area contributed by atoms with Gasteiger partial charge in [-0.2, -0.15) is 0 Å². The Morgan fingerprint density at radius 3 is 2.18 bits per heavy atom. The predicted octanol–water partition coefficient (Wildman–Crippen LogP) is 0.193. The van der Waals surface area contributed by atoms with E-state index in [1.54, 1.807) is 0 Å². The Kier molecular flexibility index (Phi) is 5.38. The lowest BCUT2D eigenvalue weighted by atomic mass is 10.1. The molecule has 0 amide bonds. The zero-order valence-electron chi connectivity index (χ0n) is 13.0. The molecular formula is C13H24N2O4S3. The minimum Gasteiger partial charge on any atom is -0.359 e. The fourth-order valence-corrected chi connectivity index (χ4v) is 6.77.